The van der Waals surface area contributed by atoms with Crippen molar-refractivity contribution in [1.29, 1.82) is 0 Å². The highest BCUT2D eigenvalue weighted by atomic mass is 32.2. The molecule has 1 unspecified atom stereocenters. The van der Waals surface area contributed by atoms with E-state index in [1.54, 1.807) is 22.0 Å². The van der Waals surface area contributed by atoms with Crippen molar-refractivity contribution in [2.75, 3.05) is 19.8 Å². The molecule has 2 bridgehead atoms. The fraction of sp³-hybridized carbons (Fsp3) is 0.706. The summed E-state index contributed by atoms with van der Waals surface area (Å²) in [5.41, 5.74) is 3.22. The maximum Gasteiger partial charge on any atom is 0.310 e. The number of aryl methyl sites for hydroxylation is 1. The molecule has 0 radical (unpaired) electrons. The lowest BCUT2D eigenvalue weighted by molar-refractivity contribution is -0.241. The minimum atomic E-state index is -3.24. The summed E-state index contributed by atoms with van der Waals surface area (Å²) in [4.78, 5) is 14.9. The highest BCUT2D eigenvalue weighted by molar-refractivity contribution is 7.89. The van der Waals surface area contributed by atoms with E-state index in [9.17, 15) is 18.3 Å². The highest BCUT2D eigenvalue weighted by Gasteiger charge is 2.71. The number of nitrogens with zero attached hydrogens (tertiary/aromatic N) is 1. The first kappa shape index (κ1) is 43.1. The first-order valence-electron chi connectivity index (χ1n) is 23.1. The van der Waals surface area contributed by atoms with Gasteiger partial charge in [0.25, 0.3) is 0 Å². The highest BCUT2D eigenvalue weighted by Crippen LogP contribution is 2.75. The summed E-state index contributed by atoms with van der Waals surface area (Å²) in [6, 6.07) is 17.3. The Labute approximate surface area is 356 Å². The lowest BCUT2D eigenvalue weighted by atomic mass is 9.34. The van der Waals surface area contributed by atoms with Gasteiger partial charge in [-0.3, -0.25) is 4.79 Å². The Balaban J connectivity index is 0.000000236. The summed E-state index contributed by atoms with van der Waals surface area (Å²) in [5.74, 6) is 1.88. The smallest absolute Gasteiger partial charge is 0.310 e. The van der Waals surface area contributed by atoms with Gasteiger partial charge < -0.3 is 14.6 Å². The third-order valence-corrected chi connectivity index (χ3v) is 20.6. The predicted molar refractivity (Wildman–Crippen MR) is 234 cm³/mol. The van der Waals surface area contributed by atoms with E-state index in [0.29, 0.717) is 41.8 Å². The standard InChI is InChI=1S/C38H56O4.C13H17NO2S/c1-24(2)26(4)34(5)18-19-36(7)28-14-15-30-35(6)22-41-23-38(30,20-25(3)32(35)39)29(28)16-17-37(36,8)31(34)33(40)42-21-27-12-10-9-11-13-27;1-11-4-6-12(7-5-11)17(15,16)14-10-13(14)8-2-3-9-13/h9-13,16,24-26,28,30-32,39H,14-15,17-23H2,1-8H3;4-7H,2-3,8-10H2,1H3/t25-,26-,28+,30+,31-,32+,34-,35+,36-,37+,38+;/m1./s1. The van der Waals surface area contributed by atoms with Gasteiger partial charge in [0, 0.05) is 17.4 Å². The quantitative estimate of drug-likeness (QED) is 0.170. The molecule has 2 saturated heterocycles. The number of aliphatic hydroxyl groups is 1. The molecule has 1 spiro atoms. The molecule has 7 nitrogen and oxygen atoms in total. The fourth-order valence-electron chi connectivity index (χ4n) is 14.7. The zero-order chi connectivity index (χ0) is 42.4. The molecule has 5 aliphatic carbocycles. The zero-order valence-electron chi connectivity index (χ0n) is 37.6. The first-order chi connectivity index (χ1) is 27.8. The van der Waals surface area contributed by atoms with Gasteiger partial charge in [0.15, 0.2) is 0 Å². The van der Waals surface area contributed by atoms with Crippen molar-refractivity contribution in [2.45, 2.75) is 150 Å². The van der Waals surface area contributed by atoms with Crippen LogP contribution in [0.25, 0.3) is 0 Å². The van der Waals surface area contributed by atoms with E-state index in [1.807, 2.05) is 49.4 Å². The molecule has 2 aromatic rings. The number of benzene rings is 2. The minimum absolute atomic E-state index is 0.00338. The van der Waals surface area contributed by atoms with Crippen LogP contribution in [-0.2, 0) is 30.9 Å². The zero-order valence-corrected chi connectivity index (χ0v) is 38.4. The van der Waals surface area contributed by atoms with Crippen LogP contribution in [-0.4, -0.2) is 55.2 Å². The average Bonchev–Trinajstić information content (AvgIpc) is 3.74. The van der Waals surface area contributed by atoms with Crippen LogP contribution >= 0.6 is 0 Å². The lowest BCUT2D eigenvalue weighted by Gasteiger charge is -2.71. The fourth-order valence-corrected chi connectivity index (χ4v) is 16.5. The van der Waals surface area contributed by atoms with Crippen LogP contribution in [0.5, 0.6) is 0 Å². The molecule has 4 saturated carbocycles. The number of rotatable bonds is 7. The number of hydrogen-bond acceptors (Lipinski definition) is 6. The maximum atomic E-state index is 14.5. The second kappa shape index (κ2) is 15.1. The summed E-state index contributed by atoms with van der Waals surface area (Å²) in [7, 11) is -3.24. The normalized spacial score (nSPS) is 41.0. The van der Waals surface area contributed by atoms with Crippen molar-refractivity contribution in [3.05, 3.63) is 77.4 Å². The number of carbonyl (C=O) groups excluding carboxylic acids is 1. The SMILES string of the molecule is CC(C)[C@@H](C)[C@@]1(C)CC[C@]2(C)[C@H]3CC[C@@H]4[C@@]5(COC[C@]4(C)[C@@H](O)[C@H](C)C5)C3=CC[C@@]2(C)[C@@H]1C(=O)OCc1ccccc1.Cc1ccc(S(=O)(=O)N2CC23CCCC3)cc1. The Hall–Kier alpha value is -2.52. The molecule has 12 atom stereocenters. The first-order valence-corrected chi connectivity index (χ1v) is 24.5. The number of carbonyl (C=O) groups is 1. The molecular weight excluding hydrogens is 755 g/mol. The molecule has 1 N–H and O–H groups in total. The van der Waals surface area contributed by atoms with Gasteiger partial charge >= 0.3 is 5.97 Å². The van der Waals surface area contributed by atoms with Crippen LogP contribution in [0.15, 0.2) is 71.1 Å². The van der Waals surface area contributed by atoms with Crippen LogP contribution < -0.4 is 0 Å². The van der Waals surface area contributed by atoms with E-state index in [0.717, 1.165) is 75.6 Å². The van der Waals surface area contributed by atoms with Crippen molar-refractivity contribution in [3.8, 4) is 0 Å². The number of hydrogen-bond donors (Lipinski definition) is 1. The number of aliphatic hydroxyl groups excluding tert-OH is 1. The van der Waals surface area contributed by atoms with E-state index >= 15 is 0 Å². The summed E-state index contributed by atoms with van der Waals surface area (Å²) >= 11 is 0. The second-order valence-electron chi connectivity index (χ2n) is 22.0. The van der Waals surface area contributed by atoms with Crippen LogP contribution in [0.2, 0.25) is 0 Å². The molecule has 2 heterocycles. The molecule has 0 amide bonds. The number of allylic oxidation sites excluding steroid dienone is 1. The van der Waals surface area contributed by atoms with E-state index in [2.05, 4.69) is 61.5 Å². The topological polar surface area (TPSA) is 92.9 Å². The lowest BCUT2D eigenvalue weighted by Crippen LogP contribution is -2.68. The van der Waals surface area contributed by atoms with Crippen LogP contribution in [0.1, 0.15) is 131 Å². The summed E-state index contributed by atoms with van der Waals surface area (Å²) in [6.07, 6.45) is 13.1. The summed E-state index contributed by atoms with van der Waals surface area (Å²) < 4.78 is 39.2. The van der Waals surface area contributed by atoms with Gasteiger partial charge in [0.05, 0.1) is 35.7 Å². The van der Waals surface area contributed by atoms with Gasteiger partial charge in [-0.15, -0.1) is 0 Å². The van der Waals surface area contributed by atoms with Gasteiger partial charge in [-0.05, 0) is 122 Å². The number of esters is 1. The molecular formula is C51H73NO6S. The van der Waals surface area contributed by atoms with E-state index in [1.165, 1.54) is 12.8 Å². The molecule has 9 rings (SSSR count). The van der Waals surface area contributed by atoms with Gasteiger partial charge in [0.1, 0.15) is 6.61 Å². The molecule has 324 valence electrons. The van der Waals surface area contributed by atoms with E-state index in [4.69, 9.17) is 9.47 Å². The maximum absolute atomic E-state index is 14.5. The number of ether oxygens (including phenoxy) is 2. The minimum Gasteiger partial charge on any atom is -0.461 e. The Morgan fingerprint density at radius 2 is 1.59 bits per heavy atom. The Bertz CT molecular complexity index is 2030. The van der Waals surface area contributed by atoms with Gasteiger partial charge in [-0.2, -0.15) is 4.31 Å². The summed E-state index contributed by atoms with van der Waals surface area (Å²) in [6.45, 7) is 23.4. The molecule has 59 heavy (non-hydrogen) atoms. The van der Waals surface area contributed by atoms with Gasteiger partial charge in [0.2, 0.25) is 10.0 Å². The van der Waals surface area contributed by atoms with Crippen LogP contribution in [0.3, 0.4) is 0 Å². The van der Waals surface area contributed by atoms with Crippen molar-refractivity contribution in [1.82, 2.24) is 4.31 Å². The largest absolute Gasteiger partial charge is 0.461 e. The predicted octanol–water partition coefficient (Wildman–Crippen LogP) is 10.5. The Kier molecular flexibility index (Phi) is 11.0. The Morgan fingerprint density at radius 1 is 0.915 bits per heavy atom. The van der Waals surface area contributed by atoms with E-state index in [-0.39, 0.29) is 56.5 Å². The van der Waals surface area contributed by atoms with Gasteiger partial charge in [-0.25, -0.2) is 8.42 Å². The number of fused-ring (bicyclic) bond motifs is 3. The molecule has 8 heteroatoms. The van der Waals surface area contributed by atoms with Crippen LogP contribution in [0, 0.1) is 69.5 Å². The van der Waals surface area contributed by atoms with Crippen molar-refractivity contribution < 1.29 is 27.8 Å². The summed E-state index contributed by atoms with van der Waals surface area (Å²) in [5, 5.41) is 11.4. The monoisotopic (exact) mass is 828 g/mol. The number of sulfonamides is 1. The van der Waals surface area contributed by atoms with Crippen molar-refractivity contribution >= 4 is 16.0 Å². The third-order valence-electron chi connectivity index (χ3n) is 18.6. The van der Waals surface area contributed by atoms with Crippen LogP contribution in [0.4, 0.5) is 0 Å². The molecule has 2 aromatic carbocycles. The molecule has 0 aromatic heterocycles. The molecule has 7 aliphatic rings. The second-order valence-corrected chi connectivity index (χ2v) is 23.8. The average molecular weight is 828 g/mol. The van der Waals surface area contributed by atoms with E-state index < -0.39 is 10.0 Å². The van der Waals surface area contributed by atoms with Crippen molar-refractivity contribution in [3.63, 3.8) is 0 Å². The Morgan fingerprint density at radius 3 is 2.25 bits per heavy atom. The molecule has 2 aliphatic heterocycles. The molecule has 6 fully saturated rings. The van der Waals surface area contributed by atoms with Crippen molar-refractivity contribution in [2.24, 2.45) is 62.6 Å². The van der Waals surface area contributed by atoms with Gasteiger partial charge in [-0.1, -0.05) is 128 Å². The third kappa shape index (κ3) is 6.65.